The number of rotatable bonds is 4. The molecule has 2 rings (SSSR count). The maximum absolute atomic E-state index is 11.7. The summed E-state index contributed by atoms with van der Waals surface area (Å²) in [5.41, 5.74) is 0.870. The number of fused-ring (bicyclic) bond motifs is 1. The lowest BCUT2D eigenvalue weighted by atomic mass is 10.2. The van der Waals surface area contributed by atoms with Crippen LogP contribution >= 0.6 is 35.2 Å². The van der Waals surface area contributed by atoms with E-state index in [9.17, 15) is 4.79 Å². The van der Waals surface area contributed by atoms with Gasteiger partial charge < -0.3 is 9.47 Å². The van der Waals surface area contributed by atoms with Gasteiger partial charge in [0.05, 0.1) is 12.1 Å². The van der Waals surface area contributed by atoms with E-state index in [1.54, 1.807) is 26.1 Å². The summed E-state index contributed by atoms with van der Waals surface area (Å²) < 4.78 is 11.6. The van der Waals surface area contributed by atoms with E-state index in [2.05, 4.69) is 40.2 Å². The van der Waals surface area contributed by atoms with Crippen LogP contribution < -0.4 is 4.74 Å². The molecular weight excluding hydrogens is 389 g/mol. The maximum Gasteiger partial charge on any atom is 0.360 e. The summed E-state index contributed by atoms with van der Waals surface area (Å²) >= 11 is 6.42. The number of nitrogens with zero attached hydrogens (tertiary/aromatic N) is 1. The highest BCUT2D eigenvalue weighted by molar-refractivity contribution is 14.1. The molecule has 0 amide bonds. The first-order chi connectivity index (χ1) is 9.42. The molecule has 1 aromatic heterocycles. The Labute approximate surface area is 136 Å². The molecule has 0 bridgehead atoms. The summed E-state index contributed by atoms with van der Waals surface area (Å²) in [6, 6.07) is 7.43. The van der Waals surface area contributed by atoms with Gasteiger partial charge in [-0.05, 0) is 60.7 Å². The van der Waals surface area contributed by atoms with Crippen molar-refractivity contribution in [1.29, 1.82) is 0 Å². The Morgan fingerprint density at radius 3 is 2.90 bits per heavy atom. The SMILES string of the molecule is CCOC(=O)C(C)(S)Oc1ccc2ncc(I)cc2c1. The molecule has 0 spiro atoms. The molecule has 4 nitrogen and oxygen atoms in total. The van der Waals surface area contributed by atoms with E-state index in [1.165, 1.54) is 0 Å². The van der Waals surface area contributed by atoms with Crippen molar-refractivity contribution in [3.8, 4) is 5.75 Å². The molecule has 2 aromatic rings. The average Bonchev–Trinajstić information content (AvgIpc) is 2.38. The largest absolute Gasteiger partial charge is 0.466 e. The van der Waals surface area contributed by atoms with E-state index in [4.69, 9.17) is 9.47 Å². The number of carbonyl (C=O) groups is 1. The molecule has 0 saturated carbocycles. The molecule has 1 unspecified atom stereocenters. The zero-order chi connectivity index (χ0) is 14.8. The van der Waals surface area contributed by atoms with Gasteiger partial charge in [-0.15, -0.1) is 12.6 Å². The number of benzene rings is 1. The second kappa shape index (κ2) is 6.17. The van der Waals surface area contributed by atoms with Crippen LogP contribution in [0.5, 0.6) is 5.75 Å². The van der Waals surface area contributed by atoms with Gasteiger partial charge in [-0.25, -0.2) is 4.79 Å². The molecule has 1 aromatic carbocycles. The van der Waals surface area contributed by atoms with Crippen molar-refractivity contribution in [3.63, 3.8) is 0 Å². The van der Waals surface area contributed by atoms with Crippen LogP contribution in [0.4, 0.5) is 0 Å². The first-order valence-corrected chi connectivity index (χ1v) is 7.59. The molecule has 106 valence electrons. The van der Waals surface area contributed by atoms with Crippen molar-refractivity contribution in [2.45, 2.75) is 18.8 Å². The third-order valence-electron chi connectivity index (χ3n) is 2.59. The van der Waals surface area contributed by atoms with Crippen molar-refractivity contribution in [1.82, 2.24) is 4.98 Å². The lowest BCUT2D eigenvalue weighted by Gasteiger charge is -2.23. The topological polar surface area (TPSA) is 48.4 Å². The Morgan fingerprint density at radius 1 is 1.45 bits per heavy atom. The lowest BCUT2D eigenvalue weighted by molar-refractivity contribution is -0.152. The molecule has 6 heteroatoms. The molecular formula is C14H14INO3S. The normalized spacial score (nSPS) is 13.8. The summed E-state index contributed by atoms with van der Waals surface area (Å²) in [5.74, 6) is 0.0380. The highest BCUT2D eigenvalue weighted by Gasteiger charge is 2.33. The number of esters is 1. The molecule has 20 heavy (non-hydrogen) atoms. The number of aromatic nitrogens is 1. The predicted octanol–water partition coefficient (Wildman–Crippen LogP) is 3.43. The Balaban J connectivity index is 2.27. The van der Waals surface area contributed by atoms with E-state index >= 15 is 0 Å². The minimum absolute atomic E-state index is 0.290. The Hall–Kier alpha value is -1.02. The summed E-state index contributed by atoms with van der Waals surface area (Å²) in [5, 5.41) is 0.947. The smallest absolute Gasteiger partial charge is 0.360 e. The van der Waals surface area contributed by atoms with Crippen LogP contribution in [-0.4, -0.2) is 22.5 Å². The molecule has 0 aliphatic heterocycles. The third-order valence-corrected chi connectivity index (χ3v) is 3.45. The first-order valence-electron chi connectivity index (χ1n) is 6.06. The van der Waals surface area contributed by atoms with Gasteiger partial charge in [-0.2, -0.15) is 0 Å². The van der Waals surface area contributed by atoms with E-state index < -0.39 is 10.9 Å². The number of pyridine rings is 1. The Bertz CT molecular complexity index is 645. The predicted molar refractivity (Wildman–Crippen MR) is 89.1 cm³/mol. The number of ether oxygens (including phenoxy) is 2. The molecule has 0 aliphatic rings. The Morgan fingerprint density at radius 2 is 2.20 bits per heavy atom. The maximum atomic E-state index is 11.7. The van der Waals surface area contributed by atoms with Crippen molar-refractivity contribution >= 4 is 52.1 Å². The number of hydrogen-bond donors (Lipinski definition) is 1. The number of hydrogen-bond acceptors (Lipinski definition) is 5. The van der Waals surface area contributed by atoms with Gasteiger partial charge in [0, 0.05) is 15.2 Å². The fraction of sp³-hybridized carbons (Fsp3) is 0.286. The molecule has 0 saturated heterocycles. The van der Waals surface area contributed by atoms with Crippen LogP contribution in [0.25, 0.3) is 10.9 Å². The summed E-state index contributed by atoms with van der Waals surface area (Å²) in [6.07, 6.45) is 1.80. The quantitative estimate of drug-likeness (QED) is 0.368. The molecule has 1 heterocycles. The minimum Gasteiger partial charge on any atom is -0.466 e. The van der Waals surface area contributed by atoms with Crippen molar-refractivity contribution in [3.05, 3.63) is 34.0 Å². The van der Waals surface area contributed by atoms with E-state index in [1.807, 2.05) is 18.2 Å². The number of halogens is 1. The molecule has 0 N–H and O–H groups in total. The van der Waals surface area contributed by atoms with Crippen LogP contribution in [0.15, 0.2) is 30.5 Å². The van der Waals surface area contributed by atoms with Gasteiger partial charge in [0.25, 0.3) is 0 Å². The zero-order valence-electron chi connectivity index (χ0n) is 11.1. The highest BCUT2D eigenvalue weighted by Crippen LogP contribution is 2.26. The molecule has 1 atom stereocenters. The standard InChI is InChI=1S/C14H14INO3S/c1-3-18-13(17)14(2,20)19-11-4-5-12-9(7-11)6-10(15)8-16-12/h4-8,20H,3H2,1-2H3. The molecule has 0 aliphatic carbocycles. The van der Waals surface area contributed by atoms with Crippen LogP contribution in [0.3, 0.4) is 0 Å². The van der Waals surface area contributed by atoms with Gasteiger partial charge in [0.2, 0.25) is 4.93 Å². The zero-order valence-corrected chi connectivity index (χ0v) is 14.1. The van der Waals surface area contributed by atoms with Crippen molar-refractivity contribution in [2.24, 2.45) is 0 Å². The third kappa shape index (κ3) is 3.54. The van der Waals surface area contributed by atoms with Gasteiger partial charge in [-0.1, -0.05) is 0 Å². The van der Waals surface area contributed by atoms with Crippen LogP contribution in [0.2, 0.25) is 0 Å². The van der Waals surface area contributed by atoms with Crippen LogP contribution in [0, 0.1) is 3.57 Å². The van der Waals surface area contributed by atoms with E-state index in [0.717, 1.165) is 14.5 Å². The number of thiol groups is 1. The Kier molecular flexibility index (Phi) is 4.74. The molecule has 0 fully saturated rings. The summed E-state index contributed by atoms with van der Waals surface area (Å²) in [4.78, 5) is 14.7. The molecule has 0 radical (unpaired) electrons. The highest BCUT2D eigenvalue weighted by atomic mass is 127. The first kappa shape index (κ1) is 15.4. The fourth-order valence-electron chi connectivity index (χ4n) is 1.68. The van der Waals surface area contributed by atoms with Gasteiger partial charge in [-0.3, -0.25) is 4.98 Å². The monoisotopic (exact) mass is 403 g/mol. The minimum atomic E-state index is -1.32. The van der Waals surface area contributed by atoms with Gasteiger partial charge in [0.15, 0.2) is 0 Å². The van der Waals surface area contributed by atoms with Crippen molar-refractivity contribution < 1.29 is 14.3 Å². The number of carbonyl (C=O) groups excluding carboxylic acids is 1. The van der Waals surface area contributed by atoms with Crippen LogP contribution in [0.1, 0.15) is 13.8 Å². The van der Waals surface area contributed by atoms with Gasteiger partial charge in [0.1, 0.15) is 5.75 Å². The van der Waals surface area contributed by atoms with E-state index in [-0.39, 0.29) is 6.61 Å². The average molecular weight is 403 g/mol. The summed E-state index contributed by atoms with van der Waals surface area (Å²) in [7, 11) is 0. The lowest BCUT2D eigenvalue weighted by Crippen LogP contribution is -2.37. The second-order valence-electron chi connectivity index (χ2n) is 4.31. The second-order valence-corrected chi connectivity index (χ2v) is 6.41. The summed E-state index contributed by atoms with van der Waals surface area (Å²) in [6.45, 7) is 3.59. The van der Waals surface area contributed by atoms with E-state index in [0.29, 0.717) is 5.75 Å². The van der Waals surface area contributed by atoms with Gasteiger partial charge >= 0.3 is 5.97 Å². The van der Waals surface area contributed by atoms with Crippen molar-refractivity contribution in [2.75, 3.05) is 6.61 Å². The fourth-order valence-corrected chi connectivity index (χ4v) is 2.33. The van der Waals surface area contributed by atoms with Crippen LogP contribution in [-0.2, 0) is 9.53 Å².